The van der Waals surface area contributed by atoms with Crippen LogP contribution < -0.4 is 14.2 Å². The molecule has 3 aromatic rings. The van der Waals surface area contributed by atoms with Gasteiger partial charge in [0.1, 0.15) is 5.75 Å². The highest BCUT2D eigenvalue weighted by atomic mass is 35.5. The maximum absolute atomic E-state index is 13.0. The van der Waals surface area contributed by atoms with Crippen molar-refractivity contribution in [3.8, 4) is 5.75 Å². The molecule has 0 heterocycles. The Hall–Kier alpha value is -2.96. The van der Waals surface area contributed by atoms with Gasteiger partial charge in [-0.15, -0.1) is 0 Å². The molecule has 3 aromatic carbocycles. The minimum Gasteiger partial charge on any atom is -0.497 e. The summed E-state index contributed by atoms with van der Waals surface area (Å²) in [6.07, 6.45) is -4.75. The molecule has 0 saturated carbocycles. The van der Waals surface area contributed by atoms with Crippen molar-refractivity contribution in [1.82, 2.24) is 0 Å². The average Bonchev–Trinajstić information content (AvgIpc) is 2.75. The lowest BCUT2D eigenvalue weighted by molar-refractivity contribution is -0.137. The molecule has 3 rings (SSSR count). The lowest BCUT2D eigenvalue weighted by Crippen LogP contribution is -2.18. The molecule has 2 N–H and O–H groups in total. The van der Waals surface area contributed by atoms with Crippen LogP contribution in [0.5, 0.6) is 5.75 Å². The van der Waals surface area contributed by atoms with Gasteiger partial charge in [-0.1, -0.05) is 17.7 Å². The number of benzene rings is 3. The zero-order chi connectivity index (χ0) is 24.4. The van der Waals surface area contributed by atoms with Crippen LogP contribution in [-0.4, -0.2) is 23.9 Å². The van der Waals surface area contributed by atoms with Gasteiger partial charge in [-0.3, -0.25) is 9.44 Å². The maximum Gasteiger partial charge on any atom is 0.416 e. The average molecular weight is 521 g/mol. The number of alkyl halides is 3. The van der Waals surface area contributed by atoms with Gasteiger partial charge in [-0.05, 0) is 60.7 Å². The Morgan fingerprint density at radius 2 is 1.39 bits per heavy atom. The summed E-state index contributed by atoms with van der Waals surface area (Å²) in [5, 5.41) is 0.0594. The smallest absolute Gasteiger partial charge is 0.416 e. The SMILES string of the molecule is COc1ccc(S(=O)(=O)Nc2ccc(Cl)cc2NS(=O)(=O)c2cccc(C(F)(F)F)c2)cc1. The van der Waals surface area contributed by atoms with Gasteiger partial charge in [0, 0.05) is 5.02 Å². The molecule has 0 fully saturated rings. The summed E-state index contributed by atoms with van der Waals surface area (Å²) in [4.78, 5) is -0.800. The lowest BCUT2D eigenvalue weighted by Gasteiger charge is -2.16. The quantitative estimate of drug-likeness (QED) is 0.458. The highest BCUT2D eigenvalue weighted by Crippen LogP contribution is 2.33. The van der Waals surface area contributed by atoms with Gasteiger partial charge in [-0.2, -0.15) is 13.2 Å². The molecular weight excluding hydrogens is 505 g/mol. The second-order valence-electron chi connectivity index (χ2n) is 6.60. The predicted molar refractivity (Wildman–Crippen MR) is 118 cm³/mol. The van der Waals surface area contributed by atoms with Gasteiger partial charge in [0.05, 0.1) is 33.8 Å². The molecule has 7 nitrogen and oxygen atoms in total. The van der Waals surface area contributed by atoms with Gasteiger partial charge >= 0.3 is 6.18 Å². The van der Waals surface area contributed by atoms with Crippen LogP contribution in [0.15, 0.2) is 76.5 Å². The van der Waals surface area contributed by atoms with Gasteiger partial charge < -0.3 is 4.74 Å². The number of anilines is 2. The van der Waals surface area contributed by atoms with E-state index in [0.29, 0.717) is 11.8 Å². The van der Waals surface area contributed by atoms with E-state index in [1.807, 2.05) is 0 Å². The first-order chi connectivity index (χ1) is 15.3. The Morgan fingerprint density at radius 3 is 2.00 bits per heavy atom. The fourth-order valence-electron chi connectivity index (χ4n) is 2.69. The van der Waals surface area contributed by atoms with Crippen LogP contribution in [0, 0.1) is 0 Å². The Morgan fingerprint density at radius 1 is 0.788 bits per heavy atom. The first-order valence-electron chi connectivity index (χ1n) is 8.98. The van der Waals surface area contributed by atoms with Gasteiger partial charge in [0.2, 0.25) is 0 Å². The van der Waals surface area contributed by atoms with Crippen LogP contribution in [-0.2, 0) is 26.2 Å². The van der Waals surface area contributed by atoms with Gasteiger partial charge in [0.15, 0.2) is 0 Å². The molecule has 0 atom stereocenters. The zero-order valence-corrected chi connectivity index (χ0v) is 19.1. The van der Waals surface area contributed by atoms with Crippen molar-refractivity contribution in [2.45, 2.75) is 16.0 Å². The van der Waals surface area contributed by atoms with Crippen LogP contribution in [0.3, 0.4) is 0 Å². The van der Waals surface area contributed by atoms with Crippen molar-refractivity contribution >= 4 is 43.0 Å². The number of ether oxygens (including phenoxy) is 1. The number of hydrogen-bond acceptors (Lipinski definition) is 5. The number of sulfonamides is 2. The zero-order valence-electron chi connectivity index (χ0n) is 16.7. The van der Waals surface area contributed by atoms with Gasteiger partial charge in [0.25, 0.3) is 20.0 Å². The van der Waals surface area contributed by atoms with Crippen molar-refractivity contribution in [2.75, 3.05) is 16.6 Å². The molecule has 0 aliphatic rings. The summed E-state index contributed by atoms with van der Waals surface area (Å²) in [5.41, 5.74) is -1.63. The van der Waals surface area contributed by atoms with Crippen molar-refractivity contribution in [2.24, 2.45) is 0 Å². The van der Waals surface area contributed by atoms with E-state index < -0.39 is 36.7 Å². The van der Waals surface area contributed by atoms with E-state index in [9.17, 15) is 30.0 Å². The molecule has 33 heavy (non-hydrogen) atoms. The van der Waals surface area contributed by atoms with E-state index in [0.717, 1.165) is 24.3 Å². The van der Waals surface area contributed by atoms with Crippen molar-refractivity contribution < 1.29 is 34.7 Å². The molecule has 13 heteroatoms. The first kappa shape index (κ1) is 24.7. The van der Waals surface area contributed by atoms with Crippen molar-refractivity contribution in [1.29, 1.82) is 0 Å². The fourth-order valence-corrected chi connectivity index (χ4v) is 5.06. The second-order valence-corrected chi connectivity index (χ2v) is 10.4. The Labute approximate surface area is 193 Å². The second kappa shape index (κ2) is 9.12. The monoisotopic (exact) mass is 520 g/mol. The topological polar surface area (TPSA) is 102 Å². The molecule has 0 aliphatic heterocycles. The minimum absolute atomic E-state index is 0.0594. The summed E-state index contributed by atoms with van der Waals surface area (Å²) in [5.74, 6) is 0.426. The molecule has 0 amide bonds. The van der Waals surface area contributed by atoms with E-state index >= 15 is 0 Å². The molecule has 0 radical (unpaired) electrons. The number of rotatable bonds is 7. The summed E-state index contributed by atoms with van der Waals surface area (Å²) < 4.78 is 99.2. The number of hydrogen-bond donors (Lipinski definition) is 2. The molecule has 0 aliphatic carbocycles. The molecule has 0 saturated heterocycles. The summed E-state index contributed by atoms with van der Waals surface area (Å²) >= 11 is 5.92. The third-order valence-electron chi connectivity index (χ3n) is 4.31. The van der Waals surface area contributed by atoms with Crippen molar-refractivity contribution in [3.63, 3.8) is 0 Å². The van der Waals surface area contributed by atoms with Gasteiger partial charge in [-0.25, -0.2) is 16.8 Å². The van der Waals surface area contributed by atoms with Crippen molar-refractivity contribution in [3.05, 3.63) is 77.3 Å². The van der Waals surface area contributed by atoms with E-state index in [-0.39, 0.29) is 21.3 Å². The molecule has 0 aromatic heterocycles. The van der Waals surface area contributed by atoms with E-state index in [4.69, 9.17) is 16.3 Å². The molecule has 0 unspecified atom stereocenters. The molecule has 176 valence electrons. The third kappa shape index (κ3) is 5.89. The van der Waals surface area contributed by atoms with E-state index in [1.165, 1.54) is 43.5 Å². The third-order valence-corrected chi connectivity index (χ3v) is 7.29. The first-order valence-corrected chi connectivity index (χ1v) is 12.3. The Balaban J connectivity index is 1.96. The van der Waals surface area contributed by atoms with Crippen LogP contribution >= 0.6 is 11.6 Å². The fraction of sp³-hybridized carbons (Fsp3) is 0.100. The highest BCUT2D eigenvalue weighted by molar-refractivity contribution is 7.93. The van der Waals surface area contributed by atoms with E-state index in [2.05, 4.69) is 9.44 Å². The maximum atomic E-state index is 13.0. The molecule has 0 bridgehead atoms. The van der Waals surface area contributed by atoms with E-state index in [1.54, 1.807) is 0 Å². The largest absolute Gasteiger partial charge is 0.497 e. The Kier molecular flexibility index (Phi) is 6.82. The summed E-state index contributed by atoms with van der Waals surface area (Å²) in [7, 11) is -7.26. The number of halogens is 4. The lowest BCUT2D eigenvalue weighted by atomic mass is 10.2. The molecular formula is C20H16ClF3N2O5S2. The van der Waals surface area contributed by atoms with Crippen LogP contribution in [0.4, 0.5) is 24.5 Å². The highest BCUT2D eigenvalue weighted by Gasteiger charge is 2.32. The number of nitrogens with one attached hydrogen (secondary N) is 2. The minimum atomic E-state index is -4.75. The van der Waals surface area contributed by atoms with Crippen LogP contribution in [0.25, 0.3) is 0 Å². The summed E-state index contributed by atoms with van der Waals surface area (Å²) in [6, 6.07) is 12.2. The normalized spacial score (nSPS) is 12.3. The van der Waals surface area contributed by atoms with Crippen LogP contribution in [0.2, 0.25) is 5.02 Å². The Bertz CT molecular complexity index is 1380. The summed E-state index contributed by atoms with van der Waals surface area (Å²) in [6.45, 7) is 0. The standard InChI is InChI=1S/C20H16ClF3N2O5S2/c1-31-15-6-8-16(9-7-15)32(27,28)25-18-10-5-14(21)12-19(18)26-33(29,30)17-4-2-3-13(11-17)20(22,23)24/h2-12,25-26H,1H3. The predicted octanol–water partition coefficient (Wildman–Crippen LogP) is 4.97. The van der Waals surface area contributed by atoms with Crippen LogP contribution in [0.1, 0.15) is 5.56 Å². The number of methoxy groups -OCH3 is 1. The molecule has 0 spiro atoms.